The highest BCUT2D eigenvalue weighted by molar-refractivity contribution is 9.10. The van der Waals surface area contributed by atoms with Crippen molar-refractivity contribution >= 4 is 33.5 Å². The lowest BCUT2D eigenvalue weighted by molar-refractivity contribution is -0.123. The number of hydrogen-bond donors (Lipinski definition) is 1. The molecule has 132 valence electrons. The van der Waals surface area contributed by atoms with E-state index in [-0.39, 0.29) is 5.91 Å². The van der Waals surface area contributed by atoms with Gasteiger partial charge in [0.25, 0.3) is 5.91 Å². The number of ether oxygens (including phenoxy) is 2. The second-order valence-electron chi connectivity index (χ2n) is 5.65. The molecule has 1 amide bonds. The number of aryl methyl sites for hydroxylation is 2. The molecular formula is C19H20BrNO4. The number of nitrogens with one attached hydrogen (secondary N) is 1. The molecule has 0 aliphatic rings. The topological polar surface area (TPSA) is 64.6 Å². The average molecular weight is 406 g/mol. The van der Waals surface area contributed by atoms with Crippen molar-refractivity contribution < 1.29 is 19.1 Å². The predicted molar refractivity (Wildman–Crippen MR) is 100 cm³/mol. The van der Waals surface area contributed by atoms with Gasteiger partial charge in [0, 0.05) is 10.2 Å². The highest BCUT2D eigenvalue weighted by atomic mass is 79.9. The Morgan fingerprint density at radius 3 is 2.36 bits per heavy atom. The van der Waals surface area contributed by atoms with Gasteiger partial charge < -0.3 is 14.8 Å². The normalized spacial score (nSPS) is 11.6. The smallest absolute Gasteiger partial charge is 0.340 e. The van der Waals surface area contributed by atoms with Crippen molar-refractivity contribution in [3.05, 3.63) is 57.6 Å². The summed E-state index contributed by atoms with van der Waals surface area (Å²) in [6, 6.07) is 10.7. The van der Waals surface area contributed by atoms with Crippen molar-refractivity contribution in [3.8, 4) is 5.75 Å². The van der Waals surface area contributed by atoms with Crippen LogP contribution >= 0.6 is 15.9 Å². The molecule has 1 atom stereocenters. The third-order valence-corrected chi connectivity index (χ3v) is 4.47. The molecule has 0 saturated heterocycles. The molecule has 2 rings (SSSR count). The van der Waals surface area contributed by atoms with Gasteiger partial charge in [-0.05, 0) is 66.0 Å². The van der Waals surface area contributed by atoms with Crippen LogP contribution in [0.5, 0.6) is 5.75 Å². The van der Waals surface area contributed by atoms with Gasteiger partial charge in [-0.2, -0.15) is 0 Å². The molecular weight excluding hydrogens is 386 g/mol. The van der Waals surface area contributed by atoms with Crippen LogP contribution < -0.4 is 10.1 Å². The molecule has 0 heterocycles. The highest BCUT2D eigenvalue weighted by Crippen LogP contribution is 2.24. The van der Waals surface area contributed by atoms with Crippen molar-refractivity contribution in [2.75, 3.05) is 12.4 Å². The number of halogens is 1. The van der Waals surface area contributed by atoms with Gasteiger partial charge in [-0.1, -0.05) is 18.2 Å². The maximum Gasteiger partial charge on any atom is 0.340 e. The summed E-state index contributed by atoms with van der Waals surface area (Å²) in [7, 11) is 1.51. The van der Waals surface area contributed by atoms with E-state index in [1.807, 2.05) is 32.0 Å². The number of carbonyl (C=O) groups is 2. The lowest BCUT2D eigenvalue weighted by Crippen LogP contribution is -2.30. The van der Waals surface area contributed by atoms with Crippen LogP contribution in [0, 0.1) is 13.8 Å². The van der Waals surface area contributed by atoms with E-state index >= 15 is 0 Å². The quantitative estimate of drug-likeness (QED) is 0.754. The first-order valence-corrected chi connectivity index (χ1v) is 8.54. The van der Waals surface area contributed by atoms with Crippen LogP contribution in [-0.2, 0) is 9.53 Å². The standard InChI is InChI=1S/C19H20BrNO4/c1-11-6-5-7-12(2)17(11)21-18(22)13(3)25-19(23)15-10-14(24-4)8-9-16(15)20/h5-10,13H,1-4H3,(H,21,22)/t13-/m0/s1. The summed E-state index contributed by atoms with van der Waals surface area (Å²) >= 11 is 3.30. The SMILES string of the molecule is COc1ccc(Br)c(C(=O)O[C@@H](C)C(=O)Nc2c(C)cccc2C)c1. The molecule has 25 heavy (non-hydrogen) atoms. The van der Waals surface area contributed by atoms with E-state index in [0.29, 0.717) is 15.8 Å². The van der Waals surface area contributed by atoms with Gasteiger partial charge >= 0.3 is 5.97 Å². The first-order valence-electron chi connectivity index (χ1n) is 7.75. The molecule has 0 aliphatic carbocycles. The third kappa shape index (κ3) is 4.60. The first kappa shape index (κ1) is 19.0. The van der Waals surface area contributed by atoms with Gasteiger partial charge in [0.15, 0.2) is 6.10 Å². The van der Waals surface area contributed by atoms with E-state index in [9.17, 15) is 9.59 Å². The van der Waals surface area contributed by atoms with Gasteiger partial charge in [0.1, 0.15) is 5.75 Å². The minimum atomic E-state index is -0.940. The van der Waals surface area contributed by atoms with Gasteiger partial charge in [-0.25, -0.2) is 4.79 Å². The van der Waals surface area contributed by atoms with E-state index in [4.69, 9.17) is 9.47 Å². The van der Waals surface area contributed by atoms with Crippen LogP contribution in [0.15, 0.2) is 40.9 Å². The largest absolute Gasteiger partial charge is 0.497 e. The third-order valence-electron chi connectivity index (χ3n) is 3.78. The Morgan fingerprint density at radius 2 is 1.76 bits per heavy atom. The van der Waals surface area contributed by atoms with E-state index in [0.717, 1.165) is 16.8 Å². The van der Waals surface area contributed by atoms with Crippen LogP contribution in [0.25, 0.3) is 0 Å². The Kier molecular flexibility index (Phi) is 6.20. The van der Waals surface area contributed by atoms with E-state index in [1.54, 1.807) is 18.2 Å². The molecule has 0 aromatic heterocycles. The van der Waals surface area contributed by atoms with Gasteiger partial charge in [-0.3, -0.25) is 4.79 Å². The molecule has 2 aromatic rings. The minimum Gasteiger partial charge on any atom is -0.497 e. The molecule has 1 N–H and O–H groups in total. The highest BCUT2D eigenvalue weighted by Gasteiger charge is 2.22. The summed E-state index contributed by atoms with van der Waals surface area (Å²) in [4.78, 5) is 24.7. The summed E-state index contributed by atoms with van der Waals surface area (Å²) in [6.45, 7) is 5.36. The summed E-state index contributed by atoms with van der Waals surface area (Å²) < 4.78 is 11.0. The Balaban J connectivity index is 2.10. The zero-order valence-electron chi connectivity index (χ0n) is 14.6. The maximum atomic E-state index is 12.4. The predicted octanol–water partition coefficient (Wildman–Crippen LogP) is 4.26. The molecule has 0 radical (unpaired) electrons. The van der Waals surface area contributed by atoms with E-state index in [2.05, 4.69) is 21.2 Å². The van der Waals surface area contributed by atoms with Crippen molar-refractivity contribution in [2.24, 2.45) is 0 Å². The molecule has 2 aromatic carbocycles. The molecule has 0 unspecified atom stereocenters. The number of carbonyl (C=O) groups excluding carboxylic acids is 2. The van der Waals surface area contributed by atoms with Gasteiger partial charge in [0.2, 0.25) is 0 Å². The van der Waals surface area contributed by atoms with Crippen LogP contribution in [0.2, 0.25) is 0 Å². The fourth-order valence-electron chi connectivity index (χ4n) is 2.30. The Bertz CT molecular complexity index is 784. The number of hydrogen-bond acceptors (Lipinski definition) is 4. The van der Waals surface area contributed by atoms with Gasteiger partial charge in [-0.15, -0.1) is 0 Å². The Labute approximate surface area is 155 Å². The van der Waals surface area contributed by atoms with E-state index in [1.165, 1.54) is 14.0 Å². The van der Waals surface area contributed by atoms with Crippen molar-refractivity contribution in [1.29, 1.82) is 0 Å². The van der Waals surface area contributed by atoms with Gasteiger partial charge in [0.05, 0.1) is 12.7 Å². The average Bonchev–Trinajstić information content (AvgIpc) is 2.58. The monoisotopic (exact) mass is 405 g/mol. The lowest BCUT2D eigenvalue weighted by atomic mass is 10.1. The zero-order valence-corrected chi connectivity index (χ0v) is 16.1. The Hall–Kier alpha value is -2.34. The number of para-hydroxylation sites is 1. The minimum absolute atomic E-state index is 0.297. The molecule has 0 saturated carbocycles. The summed E-state index contributed by atoms with van der Waals surface area (Å²) in [5, 5.41) is 2.82. The fourth-order valence-corrected chi connectivity index (χ4v) is 2.71. The molecule has 0 aliphatic heterocycles. The molecule has 0 fully saturated rings. The van der Waals surface area contributed by atoms with Crippen molar-refractivity contribution in [1.82, 2.24) is 0 Å². The zero-order chi connectivity index (χ0) is 18.6. The summed E-state index contributed by atoms with van der Waals surface area (Å²) in [5.41, 5.74) is 2.92. The number of amides is 1. The molecule has 5 nitrogen and oxygen atoms in total. The molecule has 0 bridgehead atoms. The van der Waals surface area contributed by atoms with Crippen LogP contribution in [0.4, 0.5) is 5.69 Å². The van der Waals surface area contributed by atoms with Crippen molar-refractivity contribution in [2.45, 2.75) is 26.9 Å². The Morgan fingerprint density at radius 1 is 1.12 bits per heavy atom. The second kappa shape index (κ2) is 8.16. The summed E-state index contributed by atoms with van der Waals surface area (Å²) in [6.07, 6.45) is -0.940. The number of benzene rings is 2. The number of anilines is 1. The number of esters is 1. The van der Waals surface area contributed by atoms with E-state index < -0.39 is 12.1 Å². The second-order valence-corrected chi connectivity index (χ2v) is 6.50. The lowest BCUT2D eigenvalue weighted by Gasteiger charge is -2.16. The summed E-state index contributed by atoms with van der Waals surface area (Å²) in [5.74, 6) is -0.456. The maximum absolute atomic E-state index is 12.4. The first-order chi connectivity index (χ1) is 11.8. The number of methoxy groups -OCH3 is 1. The molecule has 6 heteroatoms. The van der Waals surface area contributed by atoms with Crippen LogP contribution in [0.3, 0.4) is 0 Å². The van der Waals surface area contributed by atoms with Crippen molar-refractivity contribution in [3.63, 3.8) is 0 Å². The van der Waals surface area contributed by atoms with Crippen LogP contribution in [-0.4, -0.2) is 25.1 Å². The van der Waals surface area contributed by atoms with Crippen LogP contribution in [0.1, 0.15) is 28.4 Å². The number of rotatable bonds is 5. The fraction of sp³-hybridized carbons (Fsp3) is 0.263. The molecule has 0 spiro atoms.